The lowest BCUT2D eigenvalue weighted by molar-refractivity contribution is -0.254. The topological polar surface area (TPSA) is 1020 Å². The fourth-order valence-corrected chi connectivity index (χ4v) is 24.3. The van der Waals surface area contributed by atoms with Crippen LogP contribution in [0, 0.1) is 30.6 Å². The van der Waals surface area contributed by atoms with Gasteiger partial charge in [0, 0.05) is 47.7 Å². The van der Waals surface area contributed by atoms with Gasteiger partial charge in [0.25, 0.3) is 111 Å². The van der Waals surface area contributed by atoms with Crippen molar-refractivity contribution in [3.05, 3.63) is 95.0 Å². The quantitative estimate of drug-likeness (QED) is 0.0170. The number of ether oxygens (including phenoxy) is 8. The molecule has 0 aliphatic carbocycles. The summed E-state index contributed by atoms with van der Waals surface area (Å²) in [4.78, 5) is 256. The fraction of sp³-hybridized carbons (Fsp3) is 0.695. The Morgan fingerprint density at radius 3 is 0.978 bits per heavy atom. The zero-order valence-electron chi connectivity index (χ0n) is 74.4. The van der Waals surface area contributed by atoms with Gasteiger partial charge in [0.15, 0.2) is 47.5 Å². The monoisotopic (exact) mass is 2220 g/mol. The van der Waals surface area contributed by atoms with Crippen molar-refractivity contribution in [2.24, 2.45) is 23.7 Å². The zero-order chi connectivity index (χ0) is 105. The molecule has 28 atom stereocenters. The first-order valence-electron chi connectivity index (χ1n) is 38.7. The normalized spacial score (nSPS) is 28.6. The van der Waals surface area contributed by atoms with Crippen molar-refractivity contribution in [1.82, 2.24) is 58.1 Å². The molecule has 6 aromatic rings. The number of nitrogens with zero attached hydrogens (tertiary/aromatic N) is 9. The number of hydrogen-bond acceptors (Lipinski definition) is 56. The van der Waals surface area contributed by atoms with E-state index in [1.807, 2.05) is 0 Å². The van der Waals surface area contributed by atoms with Gasteiger partial charge >= 0.3 is 11.4 Å². The summed E-state index contributed by atoms with van der Waals surface area (Å²) in [6, 6.07) is 1.06. The molecule has 10 rings (SSSR count). The lowest BCUT2D eigenvalue weighted by atomic mass is 9.99. The number of aromatic nitrogens is 12. The summed E-state index contributed by atoms with van der Waals surface area (Å²) in [7, 11) is -70.4. The van der Waals surface area contributed by atoms with Gasteiger partial charge in [0.2, 0.25) is 5.95 Å². The van der Waals surface area contributed by atoms with Gasteiger partial charge in [-0.15, -0.1) is 0 Å². The number of aryl methyl sites for hydroxylation is 1. The van der Waals surface area contributed by atoms with Gasteiger partial charge in [-0.1, -0.05) is 27.7 Å². The second-order valence-electron chi connectivity index (χ2n) is 33.6. The van der Waals surface area contributed by atoms with E-state index in [0.717, 1.165) is 21.4 Å². The molecular weight excluding hydrogens is 2120 g/mol. The van der Waals surface area contributed by atoms with Crippen LogP contribution in [0.4, 0.5) is 11.8 Å². The van der Waals surface area contributed by atoms with E-state index in [9.17, 15) is 137 Å². The van der Waals surface area contributed by atoms with Crippen molar-refractivity contribution in [2.45, 2.75) is 214 Å². The Balaban J connectivity index is 0.000000251. The standard InChI is InChI=1S/C15H26N5O13P3.C15H26N5O12P3.C15H27N2O14P3.C14H25N2O14P3/c1-7-8(5-29-35(25,26)33-36(27,28)32-34(22,23)24)30-13(10(7)31-15(2,3)4)20-6-17-9-11(20)18-14(16)19-12(9)21;1-8-9(5-28-34(24,25)32-35(26,27)31-33(21,22)23)29-14(11(8)30-15(2,3)4)20-7-19-10-12(16)17-6-18-13(10)20;1-8-6-17(14(19)16-12(8)18)13-11(29-15(3,4)5)9(2)10(28-13)7-27-33(23,24)31-34(25,26)30-32(20,21)22;1-8-9(7-26-32(22,23)30-33(24,25)29-31(19,20)21)27-12(11(8)28-14(2,3)4)16-6-5-10(17)15-13(16)18/h6-8,10,13H,5H2,1-4H3,(H,25,26)(H,27,28)(H2,22,23,24)(H3,16,18,19,21);6-9,11,14H,5H2,1-4H3,(H,24,25)(H,26,27)(H2,16,17,18)(H2,21,22,23);6,9-11,13H,7H2,1-5H3,(H,23,24)(H,25,26)(H,16,18,19)(H2,20,21,22);5-6,8-9,11-12H,7H2,1-4H3,(H,22,23)(H,24,25)(H,15,17,18)(H2,19,20,21)/p-12/t7-,8+,10?,13+;8-,9+,11?,14+;9-,10+,11?,13+;8-,9+,11?,12+/m0000/s1. The Morgan fingerprint density at radius 2 is 0.674 bits per heavy atom. The number of nitrogens with one attached hydrogen (secondary N) is 3. The van der Waals surface area contributed by atoms with Crippen LogP contribution in [0.5, 0.6) is 0 Å². The SMILES string of the molecule is C[C@@H]1C(OC(C)(C)C)[C@H](n2ccc(=O)[nH]c2=O)O[C@@H]1COP(=O)([O-])OP(=O)([O-])OP(=O)([O-])O.C[C@@H]1C(OC(C)(C)C)[C@H](n2cnc3c(=O)[nH]c(N)nc32)O[C@@H]1COP(=O)([O-])OP(=O)([O-])OP(=O)([O-])O.C[C@@H]1C(OC(C)(C)C)[C@H](n2cnc3c(N)ncnc32)O[C@@H]1COP(=O)([O-])OP(=O)([O-])OP(=O)([O-])O.Cc1cn([C@@H]2O[C@H](COP(=O)([O-])OP(=O)([O-])OP(=O)([O-])O)[C@H](C)C2OC(C)(C)C)c(=O)[nH]c1=O. The van der Waals surface area contributed by atoms with Crippen LogP contribution >= 0.6 is 93.9 Å². The number of imidazole rings is 2. The average molecular weight is 2220 g/mol. The number of hydrogen-bond donors (Lipinski definition) is 9. The number of nitrogens with two attached hydrogens (primary N) is 2. The summed E-state index contributed by atoms with van der Waals surface area (Å²) in [5.74, 6) is -2.45. The van der Waals surface area contributed by atoms with Crippen LogP contribution in [-0.4, -0.2) is 175 Å². The number of aromatic amines is 3. The van der Waals surface area contributed by atoms with Crippen molar-refractivity contribution in [1.29, 1.82) is 0 Å². The number of H-pyrrole nitrogens is 3. The van der Waals surface area contributed by atoms with Gasteiger partial charge in [-0.3, -0.25) is 102 Å². The van der Waals surface area contributed by atoms with Crippen LogP contribution in [0.1, 0.15) is 141 Å². The zero-order valence-corrected chi connectivity index (χ0v) is 85.1. The van der Waals surface area contributed by atoms with Crippen molar-refractivity contribution in [3.8, 4) is 0 Å². The molecule has 6 aromatic heterocycles. The maximum atomic E-state index is 12.4. The summed E-state index contributed by atoms with van der Waals surface area (Å²) in [5.41, 5.74) is 5.96. The molecule has 16 unspecified atom stereocenters. The number of phosphoric acid groups is 12. The summed E-state index contributed by atoms with van der Waals surface area (Å²) in [6.45, 7) is 25.8. The molecule has 79 heteroatoms. The minimum atomic E-state index is -6.05. The number of fused-ring (bicyclic) bond motifs is 2. The highest BCUT2D eigenvalue weighted by Gasteiger charge is 2.52. The summed E-state index contributed by atoms with van der Waals surface area (Å²) < 4.78 is 233. The molecule has 0 bridgehead atoms. The molecule has 0 aromatic carbocycles. The first-order valence-corrected chi connectivity index (χ1v) is 56.3. The molecule has 67 nitrogen and oxygen atoms in total. The van der Waals surface area contributed by atoms with Crippen molar-refractivity contribution in [2.75, 3.05) is 37.9 Å². The molecule has 788 valence electrons. The molecule has 0 radical (unpaired) electrons. The van der Waals surface area contributed by atoms with Crippen LogP contribution in [0.25, 0.3) is 22.3 Å². The number of rotatable bonds is 36. The molecule has 4 aliphatic rings. The number of nitrogen functional groups attached to an aromatic ring is 2. The van der Waals surface area contributed by atoms with E-state index in [-0.39, 0.29) is 28.5 Å². The van der Waals surface area contributed by atoms with Crippen LogP contribution in [0.15, 0.2) is 61.4 Å². The molecule has 0 saturated carbocycles. The van der Waals surface area contributed by atoms with E-state index in [0.29, 0.717) is 11.2 Å². The van der Waals surface area contributed by atoms with E-state index in [4.69, 9.17) is 68.9 Å². The van der Waals surface area contributed by atoms with Crippen molar-refractivity contribution in [3.63, 3.8) is 0 Å². The maximum absolute atomic E-state index is 12.4. The van der Waals surface area contributed by atoms with Gasteiger partial charge in [-0.25, -0.2) is 64.0 Å². The third-order valence-corrected chi connectivity index (χ3v) is 32.7. The van der Waals surface area contributed by atoms with Gasteiger partial charge in [0.05, 0.1) is 85.9 Å². The van der Waals surface area contributed by atoms with E-state index < -0.39 is 268 Å². The smallest absolute Gasteiger partial charge is 0.330 e. The van der Waals surface area contributed by atoms with E-state index >= 15 is 0 Å². The van der Waals surface area contributed by atoms with Crippen LogP contribution in [0.3, 0.4) is 0 Å². The Bertz CT molecular complexity index is 6260. The highest BCUT2D eigenvalue weighted by atomic mass is 31.3. The van der Waals surface area contributed by atoms with Crippen LogP contribution in [0.2, 0.25) is 0 Å². The molecule has 4 aliphatic heterocycles. The predicted molar refractivity (Wildman–Crippen MR) is 433 cm³/mol. The van der Waals surface area contributed by atoms with Gasteiger partial charge in [-0.05, 0) is 90.0 Å². The first kappa shape index (κ1) is 120. The fourth-order valence-electron chi connectivity index (χ4n) is 12.8. The van der Waals surface area contributed by atoms with Crippen molar-refractivity contribution < 1.29 is 224 Å². The molecule has 11 N–H and O–H groups in total. The molecule has 4 fully saturated rings. The lowest BCUT2D eigenvalue weighted by Crippen LogP contribution is -2.40. The minimum Gasteiger partial charge on any atom is -0.756 e. The second kappa shape index (κ2) is 44.9. The highest BCUT2D eigenvalue weighted by Crippen LogP contribution is 2.66. The summed E-state index contributed by atoms with van der Waals surface area (Å²) in [6.07, 6.45) is -5.24. The predicted octanol–water partition coefficient (Wildman–Crippen LogP) is -3.85. The Morgan fingerprint density at radius 1 is 0.384 bits per heavy atom. The van der Waals surface area contributed by atoms with Crippen LogP contribution in [-0.2, 0) is 145 Å². The molecule has 10 heterocycles. The third kappa shape index (κ3) is 37.3. The van der Waals surface area contributed by atoms with Crippen molar-refractivity contribution >= 4 is 128 Å². The number of anilines is 2. The Labute approximate surface area is 776 Å². The van der Waals surface area contributed by atoms with E-state index in [1.165, 1.54) is 41.2 Å². The average Bonchev–Trinajstić information content (AvgIpc) is 1.61. The molecule has 0 amide bonds. The van der Waals surface area contributed by atoms with Crippen LogP contribution < -0.4 is 98.2 Å². The molecule has 138 heavy (non-hydrogen) atoms. The lowest BCUT2D eigenvalue weighted by Gasteiger charge is -2.33. The van der Waals surface area contributed by atoms with Gasteiger partial charge in [0.1, 0.15) is 36.3 Å². The third-order valence-electron chi connectivity index (χ3n) is 17.9. The van der Waals surface area contributed by atoms with Gasteiger partial charge < -0.3 is 146 Å². The Hall–Kier alpha value is -4.82. The van der Waals surface area contributed by atoms with E-state index in [1.54, 1.807) is 111 Å². The summed E-state index contributed by atoms with van der Waals surface area (Å²) in [5, 5.41) is 0. The van der Waals surface area contributed by atoms with Gasteiger partial charge in [-0.2, -0.15) is 4.98 Å². The van der Waals surface area contributed by atoms with E-state index in [2.05, 4.69) is 92.5 Å². The molecule has 0 spiro atoms. The largest absolute Gasteiger partial charge is 0.756 e. The second-order valence-corrected chi connectivity index (χ2v) is 50.8. The minimum absolute atomic E-state index is 0.0436. The summed E-state index contributed by atoms with van der Waals surface area (Å²) >= 11 is 0. The Kier molecular flexibility index (Phi) is 39.0. The highest BCUT2D eigenvalue weighted by molar-refractivity contribution is 7.67. The first-order chi connectivity index (χ1) is 62.1. The molecule has 4 saturated heterocycles. The maximum Gasteiger partial charge on any atom is 0.330 e. The number of phosphoric ester groups is 4. The molecular formula is C59H92N14O53P12-12.